The number of benzene rings is 1. The first-order valence-corrected chi connectivity index (χ1v) is 10.1. The average molecular weight is 480 g/mol. The van der Waals surface area contributed by atoms with E-state index in [4.69, 9.17) is 21.1 Å². The largest absolute Gasteiger partial charge is 1.00 e. The maximum atomic E-state index is 11.4. The summed E-state index contributed by atoms with van der Waals surface area (Å²) in [5.74, 6) is -6.80. The summed E-state index contributed by atoms with van der Waals surface area (Å²) in [5.41, 5.74) is 1.51. The summed E-state index contributed by atoms with van der Waals surface area (Å²) in [4.78, 5) is 22.8. The van der Waals surface area contributed by atoms with E-state index in [1.165, 1.54) is 0 Å². The number of carboxylic acids is 2. The second-order valence-electron chi connectivity index (χ2n) is 7.64. The summed E-state index contributed by atoms with van der Waals surface area (Å²) in [7, 11) is 0. The molecule has 4 rings (SSSR count). The van der Waals surface area contributed by atoms with Crippen molar-refractivity contribution in [3.63, 3.8) is 0 Å². The fourth-order valence-electron chi connectivity index (χ4n) is 4.33. The molecule has 3 aliphatic rings. The summed E-state index contributed by atoms with van der Waals surface area (Å²) in [6.45, 7) is 0.306. The predicted octanol–water partition coefficient (Wildman–Crippen LogP) is -6.08. The Morgan fingerprint density at radius 2 is 1.97 bits per heavy atom. The minimum atomic E-state index is -2.97. The van der Waals surface area contributed by atoms with E-state index in [0.717, 1.165) is 18.4 Å². The SMILES string of the molecule is O=C([O-])C1(C(=O)[O-])OC2=CCC3C(=C2O1)CCC[C@@H]3NC[C@H](O)c1cccc(Cl)c1.[Na+].[Na+]. The van der Waals surface area contributed by atoms with Crippen LogP contribution in [0.5, 0.6) is 0 Å². The zero-order valence-corrected chi connectivity index (χ0v) is 22.7. The monoisotopic (exact) mass is 479 g/mol. The molecule has 160 valence electrons. The second kappa shape index (κ2) is 11.3. The van der Waals surface area contributed by atoms with Crippen LogP contribution in [0.4, 0.5) is 0 Å². The van der Waals surface area contributed by atoms with E-state index in [9.17, 15) is 24.9 Å². The topological polar surface area (TPSA) is 131 Å². The van der Waals surface area contributed by atoms with E-state index in [1.807, 2.05) is 0 Å². The predicted molar refractivity (Wildman–Crippen MR) is 100 cm³/mol. The van der Waals surface area contributed by atoms with Gasteiger partial charge in [-0.3, -0.25) is 0 Å². The number of carboxylic acid groups (broad SMARTS) is 2. The molecular formula is C21H20ClNNa2O7. The normalized spacial score (nSPS) is 23.8. The molecule has 1 saturated heterocycles. The van der Waals surface area contributed by atoms with Gasteiger partial charge in [-0.25, -0.2) is 0 Å². The number of aliphatic hydroxyl groups is 1. The third kappa shape index (κ3) is 5.24. The number of carbonyl (C=O) groups excluding carboxylic acids is 2. The molecule has 0 spiro atoms. The Morgan fingerprint density at radius 1 is 1.25 bits per heavy atom. The summed E-state index contributed by atoms with van der Waals surface area (Å²) >= 11 is 5.99. The molecule has 1 aromatic rings. The van der Waals surface area contributed by atoms with Crippen LogP contribution in [0.1, 0.15) is 37.4 Å². The summed E-state index contributed by atoms with van der Waals surface area (Å²) in [6.07, 6.45) is 3.68. The van der Waals surface area contributed by atoms with Gasteiger partial charge in [0.1, 0.15) is 11.9 Å². The number of rotatable bonds is 6. The van der Waals surface area contributed by atoms with Crippen molar-refractivity contribution >= 4 is 23.5 Å². The van der Waals surface area contributed by atoms with Crippen molar-refractivity contribution in [2.75, 3.05) is 6.54 Å². The third-order valence-corrected chi connectivity index (χ3v) is 6.05. The van der Waals surface area contributed by atoms with Gasteiger partial charge in [0.25, 0.3) is 0 Å². The number of halogens is 1. The van der Waals surface area contributed by atoms with Crippen molar-refractivity contribution in [1.29, 1.82) is 0 Å². The van der Waals surface area contributed by atoms with E-state index >= 15 is 0 Å². The maximum absolute atomic E-state index is 11.4. The van der Waals surface area contributed by atoms with Crippen molar-refractivity contribution in [2.45, 2.75) is 43.6 Å². The number of aliphatic hydroxyl groups excluding tert-OH is 1. The molecule has 0 aromatic heterocycles. The first kappa shape index (κ1) is 27.7. The average Bonchev–Trinajstić information content (AvgIpc) is 3.14. The Hall–Kier alpha value is -0.550. The molecule has 1 heterocycles. The van der Waals surface area contributed by atoms with Crippen LogP contribution in [0.3, 0.4) is 0 Å². The van der Waals surface area contributed by atoms with E-state index < -0.39 is 23.8 Å². The second-order valence-corrected chi connectivity index (χ2v) is 8.07. The molecule has 32 heavy (non-hydrogen) atoms. The quantitative estimate of drug-likeness (QED) is 0.304. The van der Waals surface area contributed by atoms with E-state index in [-0.39, 0.29) is 82.6 Å². The first-order valence-electron chi connectivity index (χ1n) is 9.73. The van der Waals surface area contributed by atoms with Gasteiger partial charge in [-0.1, -0.05) is 23.7 Å². The molecule has 0 bridgehead atoms. The van der Waals surface area contributed by atoms with Crippen LogP contribution in [0, 0.1) is 5.92 Å². The Bertz CT molecular complexity index is 938. The zero-order valence-electron chi connectivity index (χ0n) is 17.9. The molecule has 1 aromatic carbocycles. The molecule has 1 unspecified atom stereocenters. The Kier molecular flexibility index (Phi) is 9.74. The van der Waals surface area contributed by atoms with Crippen molar-refractivity contribution in [1.82, 2.24) is 5.32 Å². The summed E-state index contributed by atoms with van der Waals surface area (Å²) in [6, 6.07) is 7.01. The van der Waals surface area contributed by atoms with Crippen molar-refractivity contribution in [3.05, 3.63) is 58.0 Å². The van der Waals surface area contributed by atoms with Gasteiger partial charge in [0.05, 0.1) is 6.10 Å². The molecular weight excluding hydrogens is 460 g/mol. The Balaban J connectivity index is 0.00000181. The van der Waals surface area contributed by atoms with Gasteiger partial charge < -0.3 is 39.7 Å². The molecule has 11 heteroatoms. The molecule has 2 aliphatic carbocycles. The van der Waals surface area contributed by atoms with Crippen LogP contribution in [0.25, 0.3) is 0 Å². The van der Waals surface area contributed by atoms with Crippen molar-refractivity contribution in [3.8, 4) is 0 Å². The number of allylic oxidation sites excluding steroid dienone is 1. The standard InChI is InChI=1S/C21H22ClNO7.2Na/c22-12-4-1-3-11(9-12)16(24)10-23-15-6-2-5-14-13(15)7-8-17-18(14)30-21(29-17,19(25)26)20(27)28;;/h1,3-4,8-9,13,15-16,23-24H,2,5-7,10H2,(H,25,26)(H,27,28);;/q;2*+1/p-2/t13?,15-,16-;;/m0../s1. The van der Waals surface area contributed by atoms with E-state index in [2.05, 4.69) is 5.32 Å². The zero-order chi connectivity index (χ0) is 21.5. The van der Waals surface area contributed by atoms with Gasteiger partial charge in [-0.05, 0) is 55.0 Å². The minimum absolute atomic E-state index is 0. The summed E-state index contributed by atoms with van der Waals surface area (Å²) in [5, 5.41) is 37.2. The fraction of sp³-hybridized carbons (Fsp3) is 0.429. The Labute approximate surface area is 234 Å². The maximum Gasteiger partial charge on any atom is 1.00 e. The molecule has 8 nitrogen and oxygen atoms in total. The smallest absolute Gasteiger partial charge is 0.542 e. The fourth-order valence-corrected chi connectivity index (χ4v) is 4.53. The molecule has 0 radical (unpaired) electrons. The number of fused-ring (bicyclic) bond motifs is 2. The molecule has 1 saturated carbocycles. The number of aliphatic carboxylic acids is 2. The molecule has 1 aliphatic heterocycles. The van der Waals surface area contributed by atoms with Crippen LogP contribution < -0.4 is 74.6 Å². The van der Waals surface area contributed by atoms with Crippen LogP contribution in [-0.4, -0.2) is 35.4 Å². The van der Waals surface area contributed by atoms with Crippen LogP contribution in [-0.2, 0) is 19.1 Å². The molecule has 2 N–H and O–H groups in total. The van der Waals surface area contributed by atoms with E-state index in [0.29, 0.717) is 30.0 Å². The van der Waals surface area contributed by atoms with Gasteiger partial charge in [0, 0.05) is 23.5 Å². The van der Waals surface area contributed by atoms with Gasteiger partial charge in [-0.15, -0.1) is 0 Å². The molecule has 2 fully saturated rings. The number of hydrogen-bond acceptors (Lipinski definition) is 8. The van der Waals surface area contributed by atoms with Gasteiger partial charge in [0.15, 0.2) is 11.5 Å². The number of ether oxygens (including phenoxy) is 2. The first-order chi connectivity index (χ1) is 14.3. The minimum Gasteiger partial charge on any atom is -0.542 e. The van der Waals surface area contributed by atoms with Crippen molar-refractivity contribution < 1.29 is 93.5 Å². The van der Waals surface area contributed by atoms with Crippen LogP contribution in [0.2, 0.25) is 5.02 Å². The van der Waals surface area contributed by atoms with Crippen LogP contribution >= 0.6 is 11.6 Å². The van der Waals surface area contributed by atoms with E-state index in [1.54, 1.807) is 30.3 Å². The summed E-state index contributed by atoms with van der Waals surface area (Å²) < 4.78 is 10.4. The van der Waals surface area contributed by atoms with Gasteiger partial charge >= 0.3 is 64.9 Å². The number of hydrogen-bond donors (Lipinski definition) is 2. The van der Waals surface area contributed by atoms with Gasteiger partial charge in [-0.2, -0.15) is 0 Å². The van der Waals surface area contributed by atoms with Gasteiger partial charge in [0.2, 0.25) is 0 Å². The number of nitrogens with one attached hydrogen (secondary N) is 1. The Morgan fingerprint density at radius 3 is 2.62 bits per heavy atom. The molecule has 3 atom stereocenters. The molecule has 0 amide bonds. The van der Waals surface area contributed by atoms with Crippen LogP contribution in [0.15, 0.2) is 47.4 Å². The van der Waals surface area contributed by atoms with Crippen molar-refractivity contribution in [2.24, 2.45) is 5.92 Å². The third-order valence-electron chi connectivity index (χ3n) is 5.81. The number of carbonyl (C=O) groups is 2.